The molecule has 0 aromatic carbocycles. The van der Waals surface area contributed by atoms with E-state index in [-0.39, 0.29) is 11.3 Å². The van der Waals surface area contributed by atoms with Crippen LogP contribution in [-0.2, 0) is 0 Å². The Morgan fingerprint density at radius 2 is 1.20 bits per heavy atom. The number of hydrogen-bond acceptors (Lipinski definition) is 2. The SMILES string of the molecule is CC(C)[SH](N(C)C)N(C)C. The third kappa shape index (κ3) is 2.90. The average Bonchev–Trinajstić information content (AvgIpc) is 1.59. The standard InChI is InChI=1S/C7H20N2S/c1-7(2)10(8(3)4)9(5)6/h7,10H,1-6H3. The molecule has 0 heterocycles. The van der Waals surface area contributed by atoms with Crippen LogP contribution in [0.25, 0.3) is 0 Å². The quantitative estimate of drug-likeness (QED) is 0.629. The zero-order valence-corrected chi connectivity index (χ0v) is 8.81. The Labute approximate surface area is 67.8 Å². The van der Waals surface area contributed by atoms with Crippen LogP contribution < -0.4 is 0 Å². The van der Waals surface area contributed by atoms with Crippen molar-refractivity contribution in [3.05, 3.63) is 0 Å². The van der Waals surface area contributed by atoms with Gasteiger partial charge in [-0.15, -0.1) is 11.3 Å². The van der Waals surface area contributed by atoms with Gasteiger partial charge in [0.25, 0.3) is 0 Å². The largest absolute Gasteiger partial charge is 0.264 e. The van der Waals surface area contributed by atoms with E-state index < -0.39 is 0 Å². The molecule has 0 aliphatic carbocycles. The van der Waals surface area contributed by atoms with E-state index in [9.17, 15) is 0 Å². The van der Waals surface area contributed by atoms with Crippen molar-refractivity contribution < 1.29 is 0 Å². The molecule has 0 atom stereocenters. The minimum absolute atomic E-state index is 0.0710. The zero-order valence-electron chi connectivity index (χ0n) is 7.92. The van der Waals surface area contributed by atoms with E-state index in [1.54, 1.807) is 0 Å². The molecule has 0 rings (SSSR count). The normalized spacial score (nSPS) is 13.5. The molecule has 0 unspecified atom stereocenters. The number of hydrogen-bond donors (Lipinski definition) is 1. The summed E-state index contributed by atoms with van der Waals surface area (Å²) in [6, 6.07) is 0. The van der Waals surface area contributed by atoms with Crippen molar-refractivity contribution in [2.24, 2.45) is 0 Å². The van der Waals surface area contributed by atoms with Gasteiger partial charge in [-0.25, -0.2) is 0 Å². The maximum atomic E-state index is 2.31. The highest BCUT2D eigenvalue weighted by Gasteiger charge is 2.11. The highest BCUT2D eigenvalue weighted by molar-refractivity contribution is 8.13. The Bertz CT molecular complexity index is 72.6. The van der Waals surface area contributed by atoms with Crippen LogP contribution in [0.15, 0.2) is 0 Å². The van der Waals surface area contributed by atoms with Crippen molar-refractivity contribution in [3.63, 3.8) is 0 Å². The van der Waals surface area contributed by atoms with Crippen LogP contribution in [0.1, 0.15) is 13.8 Å². The predicted octanol–water partition coefficient (Wildman–Crippen LogP) is 1.35. The molecule has 0 radical (unpaired) electrons. The molecule has 0 fully saturated rings. The first-order valence-corrected chi connectivity index (χ1v) is 4.92. The summed E-state index contributed by atoms with van der Waals surface area (Å²) < 4.78 is 4.61. The van der Waals surface area contributed by atoms with Gasteiger partial charge < -0.3 is 0 Å². The Balaban J connectivity index is 3.98. The molecule has 0 spiro atoms. The summed E-state index contributed by atoms with van der Waals surface area (Å²) in [5.74, 6) is 0. The lowest BCUT2D eigenvalue weighted by atomic mass is 10.6. The second-order valence-corrected chi connectivity index (χ2v) is 6.38. The Morgan fingerprint density at radius 1 is 0.900 bits per heavy atom. The van der Waals surface area contributed by atoms with Gasteiger partial charge in [-0.3, -0.25) is 8.61 Å². The van der Waals surface area contributed by atoms with Gasteiger partial charge in [0.05, 0.1) is 0 Å². The summed E-state index contributed by atoms with van der Waals surface area (Å²) in [6.45, 7) is 4.54. The van der Waals surface area contributed by atoms with Crippen molar-refractivity contribution in [3.8, 4) is 0 Å². The lowest BCUT2D eigenvalue weighted by molar-refractivity contribution is 0.588. The first-order chi connectivity index (χ1) is 4.46. The molecule has 0 bridgehead atoms. The molecule has 0 saturated carbocycles. The van der Waals surface area contributed by atoms with Gasteiger partial charge in [0, 0.05) is 5.25 Å². The van der Waals surface area contributed by atoms with E-state index in [0.29, 0.717) is 0 Å². The fourth-order valence-corrected chi connectivity index (χ4v) is 3.84. The monoisotopic (exact) mass is 164 g/mol. The van der Waals surface area contributed by atoms with Crippen LogP contribution >= 0.6 is 11.3 Å². The smallest absolute Gasteiger partial charge is 0.00478 e. The molecule has 0 amide bonds. The van der Waals surface area contributed by atoms with Crippen LogP contribution in [0.3, 0.4) is 0 Å². The third-order valence-electron chi connectivity index (χ3n) is 1.28. The second kappa shape index (κ2) is 4.21. The molecule has 0 N–H and O–H groups in total. The van der Waals surface area contributed by atoms with Crippen LogP contribution in [0.4, 0.5) is 0 Å². The highest BCUT2D eigenvalue weighted by atomic mass is 32.2. The lowest BCUT2D eigenvalue weighted by Crippen LogP contribution is -2.25. The first-order valence-electron chi connectivity index (χ1n) is 3.60. The van der Waals surface area contributed by atoms with Crippen LogP contribution in [-0.4, -0.2) is 42.1 Å². The summed E-state index contributed by atoms with van der Waals surface area (Å²) in [7, 11) is 8.58. The molecule has 0 aliphatic rings. The third-order valence-corrected chi connectivity index (χ3v) is 3.84. The van der Waals surface area contributed by atoms with E-state index in [2.05, 4.69) is 50.6 Å². The van der Waals surface area contributed by atoms with E-state index in [1.807, 2.05) is 0 Å². The van der Waals surface area contributed by atoms with Gasteiger partial charge in [0.2, 0.25) is 0 Å². The molecule has 3 heteroatoms. The van der Waals surface area contributed by atoms with Crippen LogP contribution in [0.2, 0.25) is 0 Å². The number of thiol groups is 1. The Kier molecular flexibility index (Phi) is 4.32. The van der Waals surface area contributed by atoms with Gasteiger partial charge in [-0.1, -0.05) is 13.8 Å². The van der Waals surface area contributed by atoms with E-state index in [0.717, 1.165) is 5.25 Å². The number of rotatable bonds is 3. The van der Waals surface area contributed by atoms with Gasteiger partial charge in [0.1, 0.15) is 0 Å². The zero-order chi connectivity index (χ0) is 8.31. The summed E-state index contributed by atoms with van der Waals surface area (Å²) >= 11 is -0.0710. The maximum Gasteiger partial charge on any atom is 0.00478 e. The maximum absolute atomic E-state index is 2.31. The van der Waals surface area contributed by atoms with Gasteiger partial charge in [-0.2, -0.15) is 0 Å². The van der Waals surface area contributed by atoms with Gasteiger partial charge in [0.15, 0.2) is 0 Å². The van der Waals surface area contributed by atoms with Gasteiger partial charge in [-0.05, 0) is 28.2 Å². The Hall–Kier alpha value is 0.270. The minimum Gasteiger partial charge on any atom is -0.264 e. The fourth-order valence-electron chi connectivity index (χ4n) is 1.28. The number of nitrogens with zero attached hydrogens (tertiary/aromatic N) is 2. The lowest BCUT2D eigenvalue weighted by Gasteiger charge is -2.37. The van der Waals surface area contributed by atoms with Gasteiger partial charge >= 0.3 is 0 Å². The van der Waals surface area contributed by atoms with Crippen molar-refractivity contribution in [2.75, 3.05) is 28.2 Å². The first kappa shape index (κ1) is 10.3. The molecule has 64 valence electrons. The van der Waals surface area contributed by atoms with Crippen molar-refractivity contribution in [2.45, 2.75) is 19.1 Å². The van der Waals surface area contributed by atoms with Crippen molar-refractivity contribution in [1.82, 2.24) is 8.61 Å². The summed E-state index contributed by atoms with van der Waals surface area (Å²) in [5.41, 5.74) is 0. The summed E-state index contributed by atoms with van der Waals surface area (Å²) in [5, 5.41) is 0.750. The molecule has 10 heavy (non-hydrogen) atoms. The van der Waals surface area contributed by atoms with Crippen LogP contribution in [0.5, 0.6) is 0 Å². The molecule has 2 nitrogen and oxygen atoms in total. The van der Waals surface area contributed by atoms with E-state index in [1.165, 1.54) is 0 Å². The average molecular weight is 164 g/mol. The predicted molar refractivity (Wildman–Crippen MR) is 51.5 cm³/mol. The second-order valence-electron chi connectivity index (χ2n) is 3.11. The summed E-state index contributed by atoms with van der Waals surface area (Å²) in [6.07, 6.45) is 0. The molecule has 0 aromatic rings. The molecule has 0 saturated heterocycles. The summed E-state index contributed by atoms with van der Waals surface area (Å²) in [4.78, 5) is 0. The van der Waals surface area contributed by atoms with Crippen molar-refractivity contribution in [1.29, 1.82) is 0 Å². The molecule has 0 aromatic heterocycles. The molecule has 0 aliphatic heterocycles. The van der Waals surface area contributed by atoms with Crippen LogP contribution in [0, 0.1) is 0 Å². The minimum atomic E-state index is -0.0710. The molecular formula is C7H20N2S. The molecular weight excluding hydrogens is 144 g/mol. The topological polar surface area (TPSA) is 6.48 Å². The van der Waals surface area contributed by atoms with Crippen molar-refractivity contribution >= 4 is 11.3 Å². The van der Waals surface area contributed by atoms with E-state index >= 15 is 0 Å². The van der Waals surface area contributed by atoms with E-state index in [4.69, 9.17) is 0 Å². The fraction of sp³-hybridized carbons (Fsp3) is 1.00. The highest BCUT2D eigenvalue weighted by Crippen LogP contribution is 2.34. The Morgan fingerprint density at radius 3 is 1.20 bits per heavy atom.